The molecule has 3 nitrogen and oxygen atoms in total. The van der Waals surface area contributed by atoms with E-state index in [1.54, 1.807) is 0 Å². The predicted molar refractivity (Wildman–Crippen MR) is 75.1 cm³/mol. The van der Waals surface area contributed by atoms with E-state index in [-0.39, 0.29) is 24.2 Å². The van der Waals surface area contributed by atoms with Crippen molar-refractivity contribution in [2.45, 2.75) is 32.7 Å². The van der Waals surface area contributed by atoms with Crippen LogP contribution >= 0.6 is 15.9 Å². The number of hydrogen-bond acceptors (Lipinski definition) is 2. The molecule has 1 amide bonds. The lowest BCUT2D eigenvalue weighted by Crippen LogP contribution is -2.37. The number of hydrogen-bond donors (Lipinski definition) is 2. The average molecular weight is 335 g/mol. The molecule has 0 spiro atoms. The highest BCUT2D eigenvalue weighted by Gasteiger charge is 2.13. The highest BCUT2D eigenvalue weighted by atomic mass is 79.9. The van der Waals surface area contributed by atoms with Gasteiger partial charge in [-0.15, -0.1) is 0 Å². The van der Waals surface area contributed by atoms with E-state index < -0.39 is 11.6 Å². The van der Waals surface area contributed by atoms with Crippen LogP contribution in [0.2, 0.25) is 0 Å². The molecule has 1 aromatic rings. The van der Waals surface area contributed by atoms with E-state index in [4.69, 9.17) is 0 Å². The molecule has 6 heteroatoms. The van der Waals surface area contributed by atoms with E-state index in [2.05, 4.69) is 26.6 Å². The summed E-state index contributed by atoms with van der Waals surface area (Å²) in [5, 5.41) is 5.26. The predicted octanol–water partition coefficient (Wildman–Crippen LogP) is 3.44. The van der Waals surface area contributed by atoms with Gasteiger partial charge in [-0.3, -0.25) is 4.79 Å². The second-order valence-electron chi connectivity index (χ2n) is 4.18. The molecule has 0 fully saturated rings. The van der Waals surface area contributed by atoms with E-state index in [1.807, 2.05) is 13.8 Å². The zero-order valence-electron chi connectivity index (χ0n) is 10.9. The molecule has 2 N–H and O–H groups in total. The van der Waals surface area contributed by atoms with Crippen molar-refractivity contribution < 1.29 is 13.6 Å². The second-order valence-corrected chi connectivity index (χ2v) is 5.09. The summed E-state index contributed by atoms with van der Waals surface area (Å²) in [7, 11) is 0. The Labute approximate surface area is 119 Å². The number of carbonyl (C=O) groups excluding carboxylic acids is 1. The maximum absolute atomic E-state index is 13.5. The van der Waals surface area contributed by atoms with Crippen molar-refractivity contribution in [1.29, 1.82) is 0 Å². The third-order valence-corrected chi connectivity index (χ3v) is 3.24. The molecule has 0 radical (unpaired) electrons. The Kier molecular flexibility index (Phi) is 6.21. The minimum Gasteiger partial charge on any atom is -0.371 e. The summed E-state index contributed by atoms with van der Waals surface area (Å²) in [6.07, 6.45) is 1.65. The average Bonchev–Trinajstić information content (AvgIpc) is 2.34. The van der Waals surface area contributed by atoms with Crippen LogP contribution in [-0.2, 0) is 4.79 Å². The monoisotopic (exact) mass is 334 g/mol. The van der Waals surface area contributed by atoms with E-state index in [0.29, 0.717) is 4.47 Å². The first-order valence-corrected chi connectivity index (χ1v) is 6.95. The Balaban J connectivity index is 2.60. The molecule has 19 heavy (non-hydrogen) atoms. The van der Waals surface area contributed by atoms with Crippen LogP contribution in [0.1, 0.15) is 26.7 Å². The van der Waals surface area contributed by atoms with Gasteiger partial charge in [0.2, 0.25) is 5.91 Å². The molecule has 0 saturated heterocycles. The molecule has 0 aromatic heterocycles. The van der Waals surface area contributed by atoms with Gasteiger partial charge in [-0.25, -0.2) is 8.78 Å². The number of carbonyl (C=O) groups is 1. The van der Waals surface area contributed by atoms with Gasteiger partial charge >= 0.3 is 0 Å². The number of benzene rings is 1. The number of halogens is 3. The highest BCUT2D eigenvalue weighted by molar-refractivity contribution is 9.10. The Bertz CT molecular complexity index is 427. The maximum Gasteiger partial charge on any atom is 0.239 e. The molecule has 0 bridgehead atoms. The van der Waals surface area contributed by atoms with Crippen LogP contribution in [0.15, 0.2) is 16.6 Å². The third-order valence-electron chi connectivity index (χ3n) is 2.78. The van der Waals surface area contributed by atoms with Gasteiger partial charge in [0.15, 0.2) is 0 Å². The summed E-state index contributed by atoms with van der Waals surface area (Å²) in [6.45, 7) is 3.78. The minimum atomic E-state index is -0.734. The fourth-order valence-electron chi connectivity index (χ4n) is 1.65. The van der Waals surface area contributed by atoms with Crippen molar-refractivity contribution >= 4 is 27.5 Å². The molecule has 0 unspecified atom stereocenters. The first-order chi connectivity index (χ1) is 8.97. The number of amides is 1. The van der Waals surface area contributed by atoms with Gasteiger partial charge in [-0.2, -0.15) is 0 Å². The van der Waals surface area contributed by atoms with Crippen LogP contribution in [0.4, 0.5) is 14.5 Å². The van der Waals surface area contributed by atoms with Crippen molar-refractivity contribution in [2.24, 2.45) is 0 Å². The quantitative estimate of drug-likeness (QED) is 0.836. The van der Waals surface area contributed by atoms with Crippen LogP contribution in [0, 0.1) is 11.6 Å². The van der Waals surface area contributed by atoms with Crippen LogP contribution in [0.25, 0.3) is 0 Å². The Morgan fingerprint density at radius 2 is 1.79 bits per heavy atom. The van der Waals surface area contributed by atoms with Crippen molar-refractivity contribution in [2.75, 3.05) is 11.9 Å². The van der Waals surface area contributed by atoms with Crippen LogP contribution in [0.3, 0.4) is 0 Å². The summed E-state index contributed by atoms with van der Waals surface area (Å²) < 4.78 is 27.3. The zero-order valence-corrected chi connectivity index (χ0v) is 12.5. The summed E-state index contributed by atoms with van der Waals surface area (Å²) in [6, 6.07) is 2.38. The van der Waals surface area contributed by atoms with Gasteiger partial charge in [0.05, 0.1) is 6.54 Å². The fourth-order valence-corrected chi connectivity index (χ4v) is 2.05. The summed E-state index contributed by atoms with van der Waals surface area (Å²) in [5.74, 6) is -1.75. The summed E-state index contributed by atoms with van der Waals surface area (Å²) in [4.78, 5) is 11.6. The van der Waals surface area contributed by atoms with Gasteiger partial charge < -0.3 is 10.6 Å². The van der Waals surface area contributed by atoms with Gasteiger partial charge in [-0.1, -0.05) is 29.8 Å². The lowest BCUT2D eigenvalue weighted by atomic mass is 10.2. The SMILES string of the molecule is CCC(CC)NC(=O)CNc1c(F)cc(Br)cc1F. The summed E-state index contributed by atoms with van der Waals surface area (Å²) in [5.41, 5.74) is -0.289. The number of anilines is 1. The summed E-state index contributed by atoms with van der Waals surface area (Å²) >= 11 is 2.99. The van der Waals surface area contributed by atoms with Crippen molar-refractivity contribution in [1.82, 2.24) is 5.32 Å². The Morgan fingerprint density at radius 3 is 2.26 bits per heavy atom. The molecule has 0 saturated carbocycles. The smallest absolute Gasteiger partial charge is 0.239 e. The first-order valence-electron chi connectivity index (χ1n) is 6.15. The molecule has 0 heterocycles. The highest BCUT2D eigenvalue weighted by Crippen LogP contribution is 2.23. The first kappa shape index (κ1) is 15.9. The molecule has 0 atom stereocenters. The van der Waals surface area contributed by atoms with Gasteiger partial charge in [0.1, 0.15) is 17.3 Å². The third kappa shape index (κ3) is 4.78. The molecule has 1 aromatic carbocycles. The fraction of sp³-hybridized carbons (Fsp3) is 0.462. The van der Waals surface area contributed by atoms with E-state index in [9.17, 15) is 13.6 Å². The van der Waals surface area contributed by atoms with Gasteiger partial charge in [0.25, 0.3) is 0 Å². The lowest BCUT2D eigenvalue weighted by molar-refractivity contribution is -0.120. The Hall–Kier alpha value is -1.17. The zero-order chi connectivity index (χ0) is 14.4. The standard InChI is InChI=1S/C13H17BrF2N2O/c1-3-9(4-2)18-12(19)7-17-13-10(15)5-8(14)6-11(13)16/h5-6,9,17H,3-4,7H2,1-2H3,(H,18,19). The lowest BCUT2D eigenvalue weighted by Gasteiger charge is -2.15. The van der Waals surface area contributed by atoms with Crippen molar-refractivity contribution in [3.05, 3.63) is 28.2 Å². The second kappa shape index (κ2) is 7.43. The normalized spacial score (nSPS) is 10.6. The molecule has 106 valence electrons. The largest absolute Gasteiger partial charge is 0.371 e. The number of rotatable bonds is 6. The molecule has 0 aliphatic rings. The number of nitrogens with one attached hydrogen (secondary N) is 2. The van der Waals surface area contributed by atoms with Crippen LogP contribution < -0.4 is 10.6 Å². The molecule has 0 aliphatic carbocycles. The maximum atomic E-state index is 13.5. The van der Waals surface area contributed by atoms with Crippen LogP contribution in [-0.4, -0.2) is 18.5 Å². The topological polar surface area (TPSA) is 41.1 Å². The van der Waals surface area contributed by atoms with Crippen LogP contribution in [0.5, 0.6) is 0 Å². The Morgan fingerprint density at radius 1 is 1.26 bits per heavy atom. The van der Waals surface area contributed by atoms with E-state index in [1.165, 1.54) is 0 Å². The van der Waals surface area contributed by atoms with Gasteiger partial charge in [0, 0.05) is 10.5 Å². The van der Waals surface area contributed by atoms with Gasteiger partial charge in [-0.05, 0) is 25.0 Å². The van der Waals surface area contributed by atoms with E-state index >= 15 is 0 Å². The van der Waals surface area contributed by atoms with E-state index in [0.717, 1.165) is 25.0 Å². The van der Waals surface area contributed by atoms with Crippen molar-refractivity contribution in [3.8, 4) is 0 Å². The molecular formula is C13H17BrF2N2O. The molecule has 1 rings (SSSR count). The minimum absolute atomic E-state index is 0.0916. The molecule has 0 aliphatic heterocycles. The van der Waals surface area contributed by atoms with Crippen molar-refractivity contribution in [3.63, 3.8) is 0 Å². The molecular weight excluding hydrogens is 318 g/mol.